The molecule has 0 bridgehead atoms. The largest absolute Gasteiger partial charge is 0.492 e. The van der Waals surface area contributed by atoms with Crippen LogP contribution in [-0.4, -0.2) is 20.9 Å². The minimum absolute atomic E-state index is 0.0452. The van der Waals surface area contributed by atoms with E-state index >= 15 is 0 Å². The van der Waals surface area contributed by atoms with Gasteiger partial charge in [0.2, 0.25) is 5.91 Å². The Morgan fingerprint density at radius 2 is 1.88 bits per heavy atom. The summed E-state index contributed by atoms with van der Waals surface area (Å²) in [7, 11) is -3.78. The van der Waals surface area contributed by atoms with Crippen LogP contribution in [0.25, 0.3) is 0 Å². The highest BCUT2D eigenvalue weighted by Crippen LogP contribution is 2.29. The Hall–Kier alpha value is -2.54. The molecule has 2 aromatic carbocycles. The zero-order valence-corrected chi connectivity index (χ0v) is 15.3. The van der Waals surface area contributed by atoms with E-state index in [0.29, 0.717) is 23.7 Å². The van der Waals surface area contributed by atoms with Crippen LogP contribution in [0.4, 0.5) is 11.4 Å². The van der Waals surface area contributed by atoms with E-state index in [4.69, 9.17) is 4.74 Å². The zero-order chi connectivity index (χ0) is 18.4. The number of ether oxygens (including phenoxy) is 1. The van der Waals surface area contributed by atoms with Crippen LogP contribution in [0.2, 0.25) is 0 Å². The first-order valence-electron chi connectivity index (χ1n) is 8.02. The molecule has 0 saturated carbocycles. The van der Waals surface area contributed by atoms with Gasteiger partial charge in [-0.05, 0) is 49.7 Å². The van der Waals surface area contributed by atoms with E-state index in [0.717, 1.165) is 5.56 Å². The lowest BCUT2D eigenvalue weighted by molar-refractivity contribution is -0.115. The van der Waals surface area contributed by atoms with Gasteiger partial charge >= 0.3 is 0 Å². The van der Waals surface area contributed by atoms with Crippen molar-refractivity contribution in [2.24, 2.45) is 0 Å². The number of anilines is 2. The summed E-state index contributed by atoms with van der Waals surface area (Å²) in [5, 5.41) is 2.67. The number of hydrogen-bond donors (Lipinski definition) is 2. The van der Waals surface area contributed by atoms with Crippen LogP contribution in [0.5, 0.6) is 5.75 Å². The van der Waals surface area contributed by atoms with E-state index in [1.165, 1.54) is 12.1 Å². The predicted octanol–water partition coefficient (Wildman–Crippen LogP) is 3.54. The normalized spacial score (nSPS) is 11.0. The Kier molecular flexibility index (Phi) is 6.03. The smallest absolute Gasteiger partial charge is 0.261 e. The average Bonchev–Trinajstić information content (AvgIpc) is 2.56. The van der Waals surface area contributed by atoms with Crippen molar-refractivity contribution >= 4 is 27.3 Å². The van der Waals surface area contributed by atoms with Gasteiger partial charge in [-0.2, -0.15) is 0 Å². The molecule has 7 heteroatoms. The van der Waals surface area contributed by atoms with Crippen LogP contribution < -0.4 is 14.8 Å². The lowest BCUT2D eigenvalue weighted by atomic mass is 10.2. The van der Waals surface area contributed by atoms with E-state index in [1.807, 2.05) is 19.9 Å². The fraction of sp³-hybridized carbons (Fsp3) is 0.278. The Morgan fingerprint density at radius 3 is 2.52 bits per heavy atom. The number of hydrogen-bond acceptors (Lipinski definition) is 4. The minimum atomic E-state index is -3.78. The quantitative estimate of drug-likeness (QED) is 0.789. The highest BCUT2D eigenvalue weighted by Gasteiger charge is 2.18. The Balaban J connectivity index is 2.36. The first-order chi connectivity index (χ1) is 11.9. The van der Waals surface area contributed by atoms with E-state index in [9.17, 15) is 13.2 Å². The molecule has 2 N–H and O–H groups in total. The van der Waals surface area contributed by atoms with Crippen molar-refractivity contribution < 1.29 is 17.9 Å². The van der Waals surface area contributed by atoms with Gasteiger partial charge in [-0.1, -0.05) is 19.1 Å². The number of carbonyl (C=O) groups is 1. The molecule has 0 unspecified atom stereocenters. The summed E-state index contributed by atoms with van der Waals surface area (Å²) in [5.74, 6) is 0.209. The van der Waals surface area contributed by atoms with Crippen LogP contribution >= 0.6 is 0 Å². The molecule has 0 aliphatic rings. The molecule has 0 heterocycles. The molecular formula is C18H22N2O4S. The van der Waals surface area contributed by atoms with Crippen molar-refractivity contribution in [3.8, 4) is 5.75 Å². The third-order valence-corrected chi connectivity index (χ3v) is 4.81. The van der Waals surface area contributed by atoms with Gasteiger partial charge in [-0.3, -0.25) is 9.52 Å². The van der Waals surface area contributed by atoms with Crippen LogP contribution in [0, 0.1) is 6.92 Å². The molecule has 0 fully saturated rings. The monoisotopic (exact) mass is 362 g/mol. The summed E-state index contributed by atoms with van der Waals surface area (Å²) in [4.78, 5) is 11.7. The molecule has 2 rings (SSSR count). The standard InChI is InChI=1S/C18H22N2O4S/c1-4-18(21)19-16-12-15(9-10-17(16)24-5-2)25(22,23)20-14-8-6-7-13(3)11-14/h6-12,20H,4-5H2,1-3H3,(H,19,21). The summed E-state index contributed by atoms with van der Waals surface area (Å²) in [6.07, 6.45) is 0.282. The maximum atomic E-state index is 12.6. The van der Waals surface area contributed by atoms with Gasteiger partial charge in [-0.25, -0.2) is 8.42 Å². The van der Waals surface area contributed by atoms with Crippen LogP contribution in [0.15, 0.2) is 47.4 Å². The summed E-state index contributed by atoms with van der Waals surface area (Å²) in [5.41, 5.74) is 1.76. The number of rotatable bonds is 7. The molecule has 6 nitrogen and oxygen atoms in total. The van der Waals surface area contributed by atoms with Gasteiger partial charge in [0.05, 0.1) is 17.2 Å². The van der Waals surface area contributed by atoms with E-state index in [-0.39, 0.29) is 17.2 Å². The fourth-order valence-electron chi connectivity index (χ4n) is 2.22. The SMILES string of the molecule is CCOc1ccc(S(=O)(=O)Nc2cccc(C)c2)cc1NC(=O)CC. The Bertz CT molecular complexity index is 863. The van der Waals surface area contributed by atoms with Crippen molar-refractivity contribution in [2.75, 3.05) is 16.6 Å². The molecule has 2 aromatic rings. The second-order valence-electron chi connectivity index (χ2n) is 5.47. The molecule has 25 heavy (non-hydrogen) atoms. The predicted molar refractivity (Wildman–Crippen MR) is 98.5 cm³/mol. The topological polar surface area (TPSA) is 84.5 Å². The molecule has 0 atom stereocenters. The van der Waals surface area contributed by atoms with Gasteiger partial charge in [0, 0.05) is 12.1 Å². The number of amides is 1. The van der Waals surface area contributed by atoms with Crippen molar-refractivity contribution in [1.82, 2.24) is 0 Å². The lowest BCUT2D eigenvalue weighted by Crippen LogP contribution is -2.15. The van der Waals surface area contributed by atoms with Crippen molar-refractivity contribution in [2.45, 2.75) is 32.1 Å². The van der Waals surface area contributed by atoms with E-state index in [1.54, 1.807) is 31.2 Å². The maximum Gasteiger partial charge on any atom is 0.261 e. The van der Waals surface area contributed by atoms with Crippen molar-refractivity contribution in [3.63, 3.8) is 0 Å². The van der Waals surface area contributed by atoms with Crippen LogP contribution in [0.3, 0.4) is 0 Å². The molecule has 134 valence electrons. The molecule has 0 aromatic heterocycles. The number of benzene rings is 2. The van der Waals surface area contributed by atoms with Gasteiger partial charge in [-0.15, -0.1) is 0 Å². The zero-order valence-electron chi connectivity index (χ0n) is 14.5. The second kappa shape index (κ2) is 8.02. The van der Waals surface area contributed by atoms with Crippen molar-refractivity contribution in [3.05, 3.63) is 48.0 Å². The first kappa shape index (κ1) is 18.8. The Labute approximate surface area is 148 Å². The summed E-state index contributed by atoms with van der Waals surface area (Å²) in [6.45, 7) is 5.82. The fourth-order valence-corrected chi connectivity index (χ4v) is 3.29. The van der Waals surface area contributed by atoms with Crippen molar-refractivity contribution in [1.29, 1.82) is 0 Å². The molecule has 1 amide bonds. The maximum absolute atomic E-state index is 12.6. The molecule has 0 aliphatic carbocycles. The summed E-state index contributed by atoms with van der Waals surface area (Å²) < 4.78 is 33.2. The number of sulfonamides is 1. The van der Waals surface area contributed by atoms with Gasteiger partial charge < -0.3 is 10.1 Å². The molecule has 0 spiro atoms. The number of aryl methyl sites for hydroxylation is 1. The third kappa shape index (κ3) is 4.96. The van der Waals surface area contributed by atoms with Crippen LogP contribution in [-0.2, 0) is 14.8 Å². The van der Waals surface area contributed by atoms with Gasteiger partial charge in [0.1, 0.15) is 5.75 Å². The highest BCUT2D eigenvalue weighted by atomic mass is 32.2. The van der Waals surface area contributed by atoms with Crippen LogP contribution in [0.1, 0.15) is 25.8 Å². The van der Waals surface area contributed by atoms with Gasteiger partial charge in [0.15, 0.2) is 0 Å². The minimum Gasteiger partial charge on any atom is -0.492 e. The Morgan fingerprint density at radius 1 is 1.12 bits per heavy atom. The van der Waals surface area contributed by atoms with E-state index in [2.05, 4.69) is 10.0 Å². The lowest BCUT2D eigenvalue weighted by Gasteiger charge is -2.14. The summed E-state index contributed by atoms with van der Waals surface area (Å²) >= 11 is 0. The highest BCUT2D eigenvalue weighted by molar-refractivity contribution is 7.92. The molecule has 0 saturated heterocycles. The molecular weight excluding hydrogens is 340 g/mol. The van der Waals surface area contributed by atoms with E-state index < -0.39 is 10.0 Å². The average molecular weight is 362 g/mol. The summed E-state index contributed by atoms with van der Waals surface area (Å²) in [6, 6.07) is 11.5. The van der Waals surface area contributed by atoms with Gasteiger partial charge in [0.25, 0.3) is 10.0 Å². The second-order valence-corrected chi connectivity index (χ2v) is 7.15. The molecule has 0 radical (unpaired) electrons. The molecule has 0 aliphatic heterocycles. The first-order valence-corrected chi connectivity index (χ1v) is 9.50. The third-order valence-electron chi connectivity index (χ3n) is 3.43. The number of nitrogens with one attached hydrogen (secondary N) is 2. The number of carbonyl (C=O) groups excluding carboxylic acids is 1.